The Morgan fingerprint density at radius 2 is 2.32 bits per heavy atom. The summed E-state index contributed by atoms with van der Waals surface area (Å²) in [5.74, 6) is 0. The van der Waals surface area contributed by atoms with Crippen LogP contribution >= 0.6 is 0 Å². The van der Waals surface area contributed by atoms with Gasteiger partial charge in [-0.3, -0.25) is 9.80 Å². The van der Waals surface area contributed by atoms with E-state index in [1.54, 1.807) is 0 Å². The Balaban J connectivity index is 1.75. The number of piperazine rings is 1. The molecule has 2 atom stereocenters. The average Bonchev–Trinajstić information content (AvgIpc) is 3.07. The van der Waals surface area contributed by atoms with Crippen molar-refractivity contribution in [1.29, 1.82) is 0 Å². The minimum atomic E-state index is 0.324. The largest absolute Gasteiger partial charge is 0.333 e. The molecule has 2 aliphatic heterocycles. The SMILES string of the molecule is CCn1cncc1C(CN)N1CCN2CCCC2C1. The van der Waals surface area contributed by atoms with Crippen molar-refractivity contribution < 1.29 is 0 Å². The van der Waals surface area contributed by atoms with E-state index in [0.717, 1.165) is 25.7 Å². The van der Waals surface area contributed by atoms with Gasteiger partial charge >= 0.3 is 0 Å². The maximum atomic E-state index is 6.06. The molecule has 0 aromatic carbocycles. The number of rotatable bonds is 4. The number of imidazole rings is 1. The molecule has 1 aromatic heterocycles. The fraction of sp³-hybridized carbons (Fsp3) is 0.786. The van der Waals surface area contributed by atoms with Crippen LogP contribution in [0.4, 0.5) is 0 Å². The fourth-order valence-electron chi connectivity index (χ4n) is 3.63. The molecule has 2 fully saturated rings. The fourth-order valence-corrected chi connectivity index (χ4v) is 3.63. The monoisotopic (exact) mass is 263 g/mol. The standard InChI is InChI=1S/C14H25N5/c1-2-17-11-16-9-14(17)13(8-15)19-7-6-18-5-3-4-12(18)10-19/h9,11-13H,2-8,10,15H2,1H3. The summed E-state index contributed by atoms with van der Waals surface area (Å²) in [6.07, 6.45) is 6.62. The van der Waals surface area contributed by atoms with Gasteiger partial charge in [-0.25, -0.2) is 4.98 Å². The molecular formula is C14H25N5. The van der Waals surface area contributed by atoms with Crippen LogP contribution in [-0.2, 0) is 6.54 Å². The first-order valence-corrected chi connectivity index (χ1v) is 7.51. The lowest BCUT2D eigenvalue weighted by molar-refractivity contribution is 0.0711. The number of aromatic nitrogens is 2. The smallest absolute Gasteiger partial charge is 0.0948 e. The molecule has 19 heavy (non-hydrogen) atoms. The van der Waals surface area contributed by atoms with Crippen LogP contribution in [0.3, 0.4) is 0 Å². The summed E-state index contributed by atoms with van der Waals surface area (Å²) in [7, 11) is 0. The van der Waals surface area contributed by atoms with Crippen molar-refractivity contribution in [3.63, 3.8) is 0 Å². The Morgan fingerprint density at radius 3 is 3.11 bits per heavy atom. The van der Waals surface area contributed by atoms with Gasteiger partial charge in [0.25, 0.3) is 0 Å². The van der Waals surface area contributed by atoms with Gasteiger partial charge < -0.3 is 10.3 Å². The highest BCUT2D eigenvalue weighted by atomic mass is 15.3. The minimum absolute atomic E-state index is 0.324. The molecule has 0 radical (unpaired) electrons. The second-order valence-corrected chi connectivity index (χ2v) is 5.68. The first-order valence-electron chi connectivity index (χ1n) is 7.51. The van der Waals surface area contributed by atoms with Gasteiger partial charge in [-0.2, -0.15) is 0 Å². The average molecular weight is 263 g/mol. The first kappa shape index (κ1) is 13.1. The zero-order chi connectivity index (χ0) is 13.2. The molecule has 0 saturated carbocycles. The van der Waals surface area contributed by atoms with E-state index in [0.29, 0.717) is 12.6 Å². The molecule has 1 aromatic rings. The van der Waals surface area contributed by atoms with Gasteiger partial charge in [0, 0.05) is 45.0 Å². The number of nitrogens with zero attached hydrogens (tertiary/aromatic N) is 4. The van der Waals surface area contributed by atoms with Crippen LogP contribution in [0.25, 0.3) is 0 Å². The van der Waals surface area contributed by atoms with Crippen LogP contribution in [0.1, 0.15) is 31.5 Å². The van der Waals surface area contributed by atoms with Crippen LogP contribution in [0.15, 0.2) is 12.5 Å². The summed E-state index contributed by atoms with van der Waals surface area (Å²) in [5.41, 5.74) is 7.33. The second-order valence-electron chi connectivity index (χ2n) is 5.68. The molecule has 5 nitrogen and oxygen atoms in total. The summed E-state index contributed by atoms with van der Waals surface area (Å²) in [6, 6.07) is 1.07. The molecular weight excluding hydrogens is 238 g/mol. The van der Waals surface area contributed by atoms with E-state index < -0.39 is 0 Å². The Labute approximate surface area is 115 Å². The second kappa shape index (κ2) is 5.61. The van der Waals surface area contributed by atoms with E-state index in [1.807, 2.05) is 12.5 Å². The summed E-state index contributed by atoms with van der Waals surface area (Å²) in [4.78, 5) is 9.50. The van der Waals surface area contributed by atoms with Gasteiger partial charge in [0.2, 0.25) is 0 Å². The summed E-state index contributed by atoms with van der Waals surface area (Å²) < 4.78 is 2.22. The Kier molecular flexibility index (Phi) is 3.86. The minimum Gasteiger partial charge on any atom is -0.333 e. The van der Waals surface area contributed by atoms with Gasteiger partial charge in [0.05, 0.1) is 18.1 Å². The third-order valence-electron chi connectivity index (χ3n) is 4.71. The van der Waals surface area contributed by atoms with Gasteiger partial charge in [-0.1, -0.05) is 0 Å². The lowest BCUT2D eigenvalue weighted by Crippen LogP contribution is -2.52. The molecule has 0 aliphatic carbocycles. The highest BCUT2D eigenvalue weighted by Gasteiger charge is 2.34. The lowest BCUT2D eigenvalue weighted by Gasteiger charge is -2.41. The van der Waals surface area contributed by atoms with Gasteiger partial charge in [-0.05, 0) is 26.3 Å². The third kappa shape index (κ3) is 2.42. The Hall–Kier alpha value is -0.910. The number of nitrogens with two attached hydrogens (primary N) is 1. The lowest BCUT2D eigenvalue weighted by atomic mass is 10.1. The molecule has 2 saturated heterocycles. The summed E-state index contributed by atoms with van der Waals surface area (Å²) in [6.45, 7) is 8.59. The van der Waals surface area contributed by atoms with Crippen molar-refractivity contribution in [1.82, 2.24) is 19.4 Å². The molecule has 2 unspecified atom stereocenters. The maximum Gasteiger partial charge on any atom is 0.0948 e. The van der Waals surface area contributed by atoms with Crippen molar-refractivity contribution in [3.8, 4) is 0 Å². The van der Waals surface area contributed by atoms with Gasteiger partial charge in [-0.15, -0.1) is 0 Å². The van der Waals surface area contributed by atoms with E-state index >= 15 is 0 Å². The summed E-state index contributed by atoms with van der Waals surface area (Å²) in [5, 5.41) is 0. The Morgan fingerprint density at radius 1 is 1.42 bits per heavy atom. The zero-order valence-electron chi connectivity index (χ0n) is 11.8. The predicted octanol–water partition coefficient (Wildman–Crippen LogP) is 0.683. The van der Waals surface area contributed by atoms with Crippen molar-refractivity contribution in [2.45, 2.75) is 38.4 Å². The maximum absolute atomic E-state index is 6.06. The molecule has 0 spiro atoms. The van der Waals surface area contributed by atoms with Crippen molar-refractivity contribution in [2.75, 3.05) is 32.7 Å². The highest BCUT2D eigenvalue weighted by Crippen LogP contribution is 2.27. The van der Waals surface area contributed by atoms with Crippen molar-refractivity contribution in [2.24, 2.45) is 5.73 Å². The molecule has 106 valence electrons. The molecule has 5 heteroatoms. The van der Waals surface area contributed by atoms with Crippen molar-refractivity contribution >= 4 is 0 Å². The summed E-state index contributed by atoms with van der Waals surface area (Å²) >= 11 is 0. The van der Waals surface area contributed by atoms with Crippen molar-refractivity contribution in [3.05, 3.63) is 18.2 Å². The van der Waals surface area contributed by atoms with Gasteiger partial charge in [0.1, 0.15) is 0 Å². The third-order valence-corrected chi connectivity index (χ3v) is 4.71. The molecule has 0 amide bonds. The number of hydrogen-bond acceptors (Lipinski definition) is 4. The van der Waals surface area contributed by atoms with Crippen LogP contribution in [0, 0.1) is 0 Å². The molecule has 3 rings (SSSR count). The van der Waals surface area contributed by atoms with E-state index in [2.05, 4.69) is 26.3 Å². The van der Waals surface area contributed by atoms with E-state index in [4.69, 9.17) is 5.73 Å². The van der Waals surface area contributed by atoms with E-state index in [1.165, 1.54) is 31.6 Å². The Bertz CT molecular complexity index is 416. The zero-order valence-corrected chi connectivity index (χ0v) is 11.8. The molecule has 3 heterocycles. The van der Waals surface area contributed by atoms with Crippen LogP contribution in [-0.4, -0.2) is 58.1 Å². The highest BCUT2D eigenvalue weighted by molar-refractivity contribution is 5.08. The van der Waals surface area contributed by atoms with Crippen LogP contribution in [0.5, 0.6) is 0 Å². The normalized spacial score (nSPS) is 26.5. The number of hydrogen-bond donors (Lipinski definition) is 1. The molecule has 0 bridgehead atoms. The van der Waals surface area contributed by atoms with Gasteiger partial charge in [0.15, 0.2) is 0 Å². The molecule has 2 N–H and O–H groups in total. The topological polar surface area (TPSA) is 50.3 Å². The van der Waals surface area contributed by atoms with Crippen LogP contribution < -0.4 is 5.73 Å². The van der Waals surface area contributed by atoms with E-state index in [-0.39, 0.29) is 0 Å². The first-order chi connectivity index (χ1) is 9.33. The molecule has 2 aliphatic rings. The number of fused-ring (bicyclic) bond motifs is 1. The predicted molar refractivity (Wildman–Crippen MR) is 75.9 cm³/mol. The van der Waals surface area contributed by atoms with Crippen LogP contribution in [0.2, 0.25) is 0 Å². The quantitative estimate of drug-likeness (QED) is 0.868. The van der Waals surface area contributed by atoms with E-state index in [9.17, 15) is 0 Å². The number of aryl methyl sites for hydroxylation is 1.